The van der Waals surface area contributed by atoms with E-state index in [0.29, 0.717) is 12.8 Å². The Morgan fingerprint density at radius 2 is 0.894 bits per heavy atom. The molecule has 0 N–H and O–H groups in total. The van der Waals surface area contributed by atoms with Crippen LogP contribution in [0.3, 0.4) is 0 Å². The number of Topliss-reactive ketones (excluding diaryl/α,β-unsaturated/α-hetero) is 6. The Labute approximate surface area is 277 Å². The second-order valence-electron chi connectivity index (χ2n) is 10.6. The Bertz CT molecular complexity index is 1770. The molecule has 0 amide bonds. The molecule has 0 bridgehead atoms. The van der Waals surface area contributed by atoms with Crippen molar-refractivity contribution in [2.45, 2.75) is 48.3 Å². The van der Waals surface area contributed by atoms with Crippen LogP contribution in [0.5, 0.6) is 0 Å². The van der Waals surface area contributed by atoms with Crippen LogP contribution in [0.4, 0.5) is 11.4 Å². The SMILES string of the molecule is CS(=O)(=O)c1ccc(C(=O)C2C(=O)CCCC2=O)c([N+](=O)[O-])c1.CS(=O)(=O)c1ccc(C(=O)C2C(=O)CCCC2=O)c([N+](=O)[O-])c1.[Cu+2]. The van der Waals surface area contributed by atoms with E-state index in [-0.39, 0.29) is 52.5 Å². The third-order valence-electron chi connectivity index (χ3n) is 7.22. The minimum absolute atomic E-state index is 0. The van der Waals surface area contributed by atoms with Gasteiger partial charge in [-0.05, 0) is 37.1 Å². The van der Waals surface area contributed by atoms with Gasteiger partial charge in [-0.15, -0.1) is 0 Å². The molecule has 19 heteroatoms. The Morgan fingerprint density at radius 1 is 0.617 bits per heavy atom. The van der Waals surface area contributed by atoms with Crippen LogP contribution in [0.1, 0.15) is 59.2 Å². The van der Waals surface area contributed by atoms with Gasteiger partial charge >= 0.3 is 17.1 Å². The molecule has 253 valence electrons. The normalized spacial score (nSPS) is 16.0. The molecule has 47 heavy (non-hydrogen) atoms. The van der Waals surface area contributed by atoms with Gasteiger partial charge < -0.3 is 0 Å². The van der Waals surface area contributed by atoms with Crippen molar-refractivity contribution in [1.29, 1.82) is 0 Å². The van der Waals surface area contributed by atoms with Crippen molar-refractivity contribution in [2.75, 3.05) is 12.5 Å². The van der Waals surface area contributed by atoms with E-state index in [9.17, 15) is 65.8 Å². The van der Waals surface area contributed by atoms with Gasteiger partial charge in [-0.3, -0.25) is 49.0 Å². The number of nitro benzene ring substituents is 2. The summed E-state index contributed by atoms with van der Waals surface area (Å²) in [7, 11) is -7.39. The van der Waals surface area contributed by atoms with Crippen molar-refractivity contribution < 1.29 is 72.5 Å². The van der Waals surface area contributed by atoms with Gasteiger partial charge in [0.15, 0.2) is 54.4 Å². The van der Waals surface area contributed by atoms with E-state index < -0.39 is 98.6 Å². The number of carbonyl (C=O) groups is 6. The standard InChI is InChI=1S/2C14H13NO7S.Cu/c2*1-23(21,22)8-5-6-9(10(7-8)15(19)20)14(18)13-11(16)3-2-4-12(13)17;/h2*5-7,13H,2-4H2,1H3;/q;;+2. The summed E-state index contributed by atoms with van der Waals surface area (Å²) in [6, 6.07) is 5.58. The predicted octanol–water partition coefficient (Wildman–Crippen LogP) is 2.24. The molecule has 4 rings (SSSR count). The molecular weight excluding hydrogens is 716 g/mol. The number of rotatable bonds is 8. The van der Waals surface area contributed by atoms with Crippen molar-refractivity contribution in [1.82, 2.24) is 0 Å². The maximum absolute atomic E-state index is 12.4. The second-order valence-corrected chi connectivity index (χ2v) is 14.6. The van der Waals surface area contributed by atoms with Crippen LogP contribution >= 0.6 is 0 Å². The van der Waals surface area contributed by atoms with E-state index in [1.165, 1.54) is 0 Å². The van der Waals surface area contributed by atoms with Crippen molar-refractivity contribution in [2.24, 2.45) is 11.8 Å². The smallest absolute Gasteiger partial charge is 0.298 e. The molecule has 1 radical (unpaired) electrons. The number of carbonyl (C=O) groups excluding carboxylic acids is 6. The largest absolute Gasteiger partial charge is 2.00 e. The van der Waals surface area contributed by atoms with Crippen LogP contribution in [-0.4, -0.2) is 73.9 Å². The van der Waals surface area contributed by atoms with Crippen molar-refractivity contribution in [3.8, 4) is 0 Å². The fraction of sp³-hybridized carbons (Fsp3) is 0.357. The van der Waals surface area contributed by atoms with E-state index in [1.807, 2.05) is 0 Å². The first kappa shape index (κ1) is 38.9. The molecule has 0 atom stereocenters. The van der Waals surface area contributed by atoms with Gasteiger partial charge in [-0.2, -0.15) is 0 Å². The van der Waals surface area contributed by atoms with Gasteiger partial charge in [-0.1, -0.05) is 0 Å². The minimum atomic E-state index is -3.70. The van der Waals surface area contributed by atoms with Gasteiger partial charge in [0.05, 0.1) is 30.8 Å². The van der Waals surface area contributed by atoms with E-state index >= 15 is 0 Å². The zero-order chi connectivity index (χ0) is 34.7. The molecule has 2 fully saturated rings. The number of sulfone groups is 2. The molecule has 0 saturated heterocycles. The van der Waals surface area contributed by atoms with Crippen molar-refractivity contribution in [3.05, 3.63) is 67.8 Å². The summed E-state index contributed by atoms with van der Waals surface area (Å²) >= 11 is 0. The fourth-order valence-corrected chi connectivity index (χ4v) is 6.19. The summed E-state index contributed by atoms with van der Waals surface area (Å²) in [6.45, 7) is 0. The molecule has 0 aromatic heterocycles. The summed E-state index contributed by atoms with van der Waals surface area (Å²) < 4.78 is 45.9. The first-order valence-corrected chi connectivity index (χ1v) is 17.2. The van der Waals surface area contributed by atoms with Gasteiger partial charge in [0.25, 0.3) is 11.4 Å². The Morgan fingerprint density at radius 3 is 1.13 bits per heavy atom. The first-order valence-electron chi connectivity index (χ1n) is 13.4. The number of hydrogen-bond donors (Lipinski definition) is 0. The molecule has 2 saturated carbocycles. The molecular formula is C28H26CuN2O14S2+2. The fourth-order valence-electron chi connectivity index (χ4n) is 4.91. The molecule has 0 spiro atoms. The third kappa shape index (κ3) is 8.94. The minimum Gasteiger partial charge on any atom is -0.298 e. The summed E-state index contributed by atoms with van der Waals surface area (Å²) in [5.41, 5.74) is -2.33. The van der Waals surface area contributed by atoms with Gasteiger partial charge in [-0.25, -0.2) is 16.8 Å². The van der Waals surface area contributed by atoms with Gasteiger partial charge in [0.1, 0.15) is 11.8 Å². The van der Waals surface area contributed by atoms with Gasteiger partial charge in [0.2, 0.25) is 0 Å². The van der Waals surface area contributed by atoms with Crippen LogP contribution in [0.25, 0.3) is 0 Å². The zero-order valence-corrected chi connectivity index (χ0v) is 27.2. The number of nitro groups is 2. The monoisotopic (exact) mass is 741 g/mol. The van der Waals surface area contributed by atoms with Crippen LogP contribution < -0.4 is 0 Å². The number of hydrogen-bond acceptors (Lipinski definition) is 14. The molecule has 2 aliphatic carbocycles. The topological polar surface area (TPSA) is 257 Å². The summed E-state index contributed by atoms with van der Waals surface area (Å²) in [5.74, 6) is -7.23. The van der Waals surface area contributed by atoms with E-state index in [4.69, 9.17) is 0 Å². The van der Waals surface area contributed by atoms with Crippen LogP contribution in [-0.2, 0) is 55.9 Å². The zero-order valence-electron chi connectivity index (χ0n) is 24.6. The van der Waals surface area contributed by atoms with E-state index in [2.05, 4.69) is 0 Å². The predicted molar refractivity (Wildman–Crippen MR) is 156 cm³/mol. The molecule has 2 aromatic carbocycles. The molecule has 0 aliphatic heterocycles. The number of nitrogens with zero attached hydrogens (tertiary/aromatic N) is 2. The third-order valence-corrected chi connectivity index (χ3v) is 9.44. The molecule has 0 unspecified atom stereocenters. The summed E-state index contributed by atoms with van der Waals surface area (Å²) in [5, 5.41) is 22.3. The van der Waals surface area contributed by atoms with Crippen LogP contribution in [0, 0.1) is 32.1 Å². The average Bonchev–Trinajstić information content (AvgIpc) is 2.95. The van der Waals surface area contributed by atoms with Gasteiger partial charge in [0, 0.05) is 50.3 Å². The summed E-state index contributed by atoms with van der Waals surface area (Å²) in [4.78, 5) is 91.9. The Kier molecular flexibility index (Phi) is 12.5. The maximum Gasteiger partial charge on any atom is 2.00 e. The van der Waals surface area contributed by atoms with Crippen LogP contribution in [0.2, 0.25) is 0 Å². The second kappa shape index (κ2) is 15.1. The summed E-state index contributed by atoms with van der Waals surface area (Å²) in [6.07, 6.45) is 2.74. The Hall–Kier alpha value is -4.32. The van der Waals surface area contributed by atoms with E-state index in [1.54, 1.807) is 0 Å². The Balaban J connectivity index is 0.000000320. The van der Waals surface area contributed by atoms with Crippen LogP contribution in [0.15, 0.2) is 46.2 Å². The first-order chi connectivity index (χ1) is 21.2. The molecule has 16 nitrogen and oxygen atoms in total. The average molecular weight is 742 g/mol. The van der Waals surface area contributed by atoms with Crippen molar-refractivity contribution >= 4 is 65.7 Å². The molecule has 2 aromatic rings. The molecule has 0 heterocycles. The maximum atomic E-state index is 12.4. The van der Waals surface area contributed by atoms with E-state index in [0.717, 1.165) is 48.9 Å². The van der Waals surface area contributed by atoms with Crippen molar-refractivity contribution in [3.63, 3.8) is 0 Å². The molecule has 2 aliphatic rings. The number of ketones is 6. The number of benzene rings is 2. The quantitative estimate of drug-likeness (QED) is 0.124.